The van der Waals surface area contributed by atoms with Crippen LogP contribution in [0, 0.1) is 5.92 Å². The lowest BCUT2D eigenvalue weighted by Crippen LogP contribution is -2.21. The van der Waals surface area contributed by atoms with E-state index in [1.54, 1.807) is 11.3 Å². The molecule has 1 fully saturated rings. The summed E-state index contributed by atoms with van der Waals surface area (Å²) in [7, 11) is 0. The Morgan fingerprint density at radius 2 is 2.05 bits per heavy atom. The fourth-order valence-corrected chi connectivity index (χ4v) is 2.99. The predicted octanol–water partition coefficient (Wildman–Crippen LogP) is 3.39. The van der Waals surface area contributed by atoms with Gasteiger partial charge in [0.1, 0.15) is 0 Å². The molecule has 1 aromatic heterocycles. The number of nitrogens with zero attached hydrogens (tertiary/aromatic N) is 1. The van der Waals surface area contributed by atoms with E-state index in [1.165, 1.54) is 5.56 Å². The first-order valence-corrected chi connectivity index (χ1v) is 7.56. The van der Waals surface area contributed by atoms with Crippen molar-refractivity contribution >= 4 is 23.0 Å². The van der Waals surface area contributed by atoms with E-state index in [4.69, 9.17) is 0 Å². The third-order valence-corrected chi connectivity index (χ3v) is 4.55. The van der Waals surface area contributed by atoms with E-state index in [0.717, 1.165) is 17.0 Å². The van der Waals surface area contributed by atoms with E-state index in [9.17, 15) is 4.79 Å². The molecule has 0 saturated heterocycles. The molecular formula is C16H16N2OS. The number of hydrogen-bond donors (Lipinski definition) is 1. The maximum Gasteiger partial charge on any atom is 0.243 e. The number of hydrazone groups is 1. The summed E-state index contributed by atoms with van der Waals surface area (Å²) >= 11 is 1.62. The van der Waals surface area contributed by atoms with Crippen molar-refractivity contribution in [3.63, 3.8) is 0 Å². The van der Waals surface area contributed by atoms with Gasteiger partial charge in [0, 0.05) is 10.8 Å². The quantitative estimate of drug-likeness (QED) is 0.678. The average molecular weight is 284 g/mol. The molecule has 4 heteroatoms. The highest BCUT2D eigenvalue weighted by Crippen LogP contribution is 2.47. The van der Waals surface area contributed by atoms with Crippen molar-refractivity contribution in [2.24, 2.45) is 11.0 Å². The van der Waals surface area contributed by atoms with Crippen LogP contribution in [0.4, 0.5) is 0 Å². The molecule has 20 heavy (non-hydrogen) atoms. The number of thiophene rings is 1. The molecule has 1 amide bonds. The van der Waals surface area contributed by atoms with E-state index in [2.05, 4.69) is 22.7 Å². The van der Waals surface area contributed by atoms with Crippen LogP contribution >= 0.6 is 11.3 Å². The maximum atomic E-state index is 12.0. The van der Waals surface area contributed by atoms with Crippen LogP contribution in [0.5, 0.6) is 0 Å². The van der Waals surface area contributed by atoms with Crippen molar-refractivity contribution in [1.82, 2.24) is 5.43 Å². The van der Waals surface area contributed by atoms with Crippen LogP contribution in [-0.2, 0) is 4.79 Å². The fourth-order valence-electron chi connectivity index (χ4n) is 2.31. The maximum absolute atomic E-state index is 12.0. The van der Waals surface area contributed by atoms with Gasteiger partial charge in [0.2, 0.25) is 5.91 Å². The molecule has 3 nitrogen and oxygen atoms in total. The number of nitrogens with one attached hydrogen (secondary N) is 1. The number of hydrogen-bond acceptors (Lipinski definition) is 3. The van der Waals surface area contributed by atoms with Crippen LogP contribution in [0.15, 0.2) is 52.9 Å². The van der Waals surface area contributed by atoms with Crippen LogP contribution < -0.4 is 5.43 Å². The molecule has 2 aromatic rings. The molecule has 0 radical (unpaired) electrons. The van der Waals surface area contributed by atoms with Gasteiger partial charge in [-0.05, 0) is 36.3 Å². The lowest BCUT2D eigenvalue weighted by molar-refractivity contribution is -0.122. The second kappa shape index (κ2) is 5.59. The van der Waals surface area contributed by atoms with Crippen molar-refractivity contribution in [3.8, 4) is 0 Å². The molecule has 3 rings (SSSR count). The van der Waals surface area contributed by atoms with Crippen LogP contribution in [0.25, 0.3) is 0 Å². The summed E-state index contributed by atoms with van der Waals surface area (Å²) in [6, 6.07) is 14.2. The Labute approximate surface area is 122 Å². The zero-order chi connectivity index (χ0) is 13.9. The largest absolute Gasteiger partial charge is 0.273 e. The summed E-state index contributed by atoms with van der Waals surface area (Å²) in [5.41, 5.74) is 4.78. The average Bonchev–Trinajstić information content (AvgIpc) is 3.10. The van der Waals surface area contributed by atoms with Gasteiger partial charge in [-0.15, -0.1) is 11.3 Å². The third-order valence-electron chi connectivity index (χ3n) is 3.57. The van der Waals surface area contributed by atoms with Gasteiger partial charge in [-0.3, -0.25) is 4.79 Å². The molecule has 0 bridgehead atoms. The Balaban J connectivity index is 1.58. The summed E-state index contributed by atoms with van der Waals surface area (Å²) in [4.78, 5) is 13.1. The minimum Gasteiger partial charge on any atom is -0.273 e. The number of carbonyl (C=O) groups excluding carboxylic acids is 1. The van der Waals surface area contributed by atoms with Crippen LogP contribution in [0.1, 0.15) is 29.7 Å². The van der Waals surface area contributed by atoms with Crippen molar-refractivity contribution in [2.45, 2.75) is 19.3 Å². The summed E-state index contributed by atoms with van der Waals surface area (Å²) < 4.78 is 0. The van der Waals surface area contributed by atoms with Crippen molar-refractivity contribution in [2.75, 3.05) is 0 Å². The molecule has 1 heterocycles. The predicted molar refractivity (Wildman–Crippen MR) is 82.0 cm³/mol. The number of rotatable bonds is 4. The van der Waals surface area contributed by atoms with Gasteiger partial charge < -0.3 is 0 Å². The Morgan fingerprint density at radius 3 is 2.75 bits per heavy atom. The molecule has 1 aliphatic rings. The van der Waals surface area contributed by atoms with Crippen LogP contribution in [0.2, 0.25) is 0 Å². The smallest absolute Gasteiger partial charge is 0.243 e. The molecule has 1 aromatic carbocycles. The van der Waals surface area contributed by atoms with E-state index in [0.29, 0.717) is 5.92 Å². The van der Waals surface area contributed by atoms with E-state index < -0.39 is 0 Å². The molecule has 1 aliphatic carbocycles. The first-order chi connectivity index (χ1) is 9.75. The van der Waals surface area contributed by atoms with Gasteiger partial charge in [-0.2, -0.15) is 5.10 Å². The Kier molecular flexibility index (Phi) is 3.65. The first kappa shape index (κ1) is 13.1. The minimum absolute atomic E-state index is 0.0229. The molecule has 0 spiro atoms. The zero-order valence-corrected chi connectivity index (χ0v) is 12.1. The second-order valence-corrected chi connectivity index (χ2v) is 5.96. The molecule has 102 valence electrons. The fraction of sp³-hybridized carbons (Fsp3) is 0.250. The zero-order valence-electron chi connectivity index (χ0n) is 11.2. The van der Waals surface area contributed by atoms with Gasteiger partial charge in [-0.1, -0.05) is 36.4 Å². The standard InChI is InChI=1S/C16H16N2OS/c1-11(15-8-5-9-20-15)17-18-16(19)14-10-13(14)12-6-3-2-4-7-12/h2-9,13-14H,10H2,1H3,(H,18,19)/b17-11+/t13-,14-/m1/s1. The van der Waals surface area contributed by atoms with Crippen molar-refractivity contribution < 1.29 is 4.79 Å². The highest BCUT2D eigenvalue weighted by atomic mass is 32.1. The third kappa shape index (κ3) is 2.80. The summed E-state index contributed by atoms with van der Waals surface area (Å²) in [5, 5.41) is 6.19. The molecular weight excluding hydrogens is 268 g/mol. The van der Waals surface area contributed by atoms with Gasteiger partial charge in [0.15, 0.2) is 0 Å². The molecule has 1 N–H and O–H groups in total. The van der Waals surface area contributed by atoms with Crippen LogP contribution in [0.3, 0.4) is 0 Å². The molecule has 1 saturated carbocycles. The Hall–Kier alpha value is -1.94. The van der Waals surface area contributed by atoms with Gasteiger partial charge in [0.25, 0.3) is 0 Å². The Bertz CT molecular complexity index is 619. The van der Waals surface area contributed by atoms with Gasteiger partial charge >= 0.3 is 0 Å². The van der Waals surface area contributed by atoms with Gasteiger partial charge in [0.05, 0.1) is 5.71 Å². The minimum atomic E-state index is 0.0229. The number of carbonyl (C=O) groups is 1. The normalized spacial score (nSPS) is 21.6. The molecule has 2 atom stereocenters. The lowest BCUT2D eigenvalue weighted by Gasteiger charge is -2.01. The van der Waals surface area contributed by atoms with Crippen molar-refractivity contribution in [3.05, 3.63) is 58.3 Å². The summed E-state index contributed by atoms with van der Waals surface area (Å²) in [6.45, 7) is 1.91. The van der Waals surface area contributed by atoms with E-state index in [-0.39, 0.29) is 11.8 Å². The van der Waals surface area contributed by atoms with Crippen molar-refractivity contribution in [1.29, 1.82) is 0 Å². The summed E-state index contributed by atoms with van der Waals surface area (Å²) in [5.74, 6) is 0.445. The molecule has 0 unspecified atom stereocenters. The highest BCUT2D eigenvalue weighted by Gasteiger charge is 2.43. The number of benzene rings is 1. The molecule has 0 aliphatic heterocycles. The lowest BCUT2D eigenvalue weighted by atomic mass is 10.1. The topological polar surface area (TPSA) is 41.5 Å². The highest BCUT2D eigenvalue weighted by molar-refractivity contribution is 7.12. The van der Waals surface area contributed by atoms with Gasteiger partial charge in [-0.25, -0.2) is 5.43 Å². The Morgan fingerprint density at radius 1 is 1.25 bits per heavy atom. The SMILES string of the molecule is C/C(=N\NC(=O)[C@@H]1C[C@@H]1c1ccccc1)c1cccs1. The second-order valence-electron chi connectivity index (χ2n) is 5.01. The monoisotopic (exact) mass is 284 g/mol. The van der Waals surface area contributed by atoms with E-state index >= 15 is 0 Å². The first-order valence-electron chi connectivity index (χ1n) is 6.68. The van der Waals surface area contributed by atoms with E-state index in [1.807, 2.05) is 42.6 Å². The number of amides is 1. The summed E-state index contributed by atoms with van der Waals surface area (Å²) in [6.07, 6.45) is 0.920. The van der Waals surface area contributed by atoms with Crippen LogP contribution in [-0.4, -0.2) is 11.6 Å².